The third-order valence-electron chi connectivity index (χ3n) is 4.48. The maximum absolute atomic E-state index is 12.3. The van der Waals surface area contributed by atoms with Crippen molar-refractivity contribution in [2.24, 2.45) is 0 Å². The van der Waals surface area contributed by atoms with Crippen molar-refractivity contribution in [3.05, 3.63) is 65.4 Å². The molecule has 0 aliphatic heterocycles. The van der Waals surface area contributed by atoms with Crippen LogP contribution in [0.15, 0.2) is 53.1 Å². The van der Waals surface area contributed by atoms with E-state index in [1.54, 1.807) is 30.5 Å². The van der Waals surface area contributed by atoms with E-state index in [2.05, 4.69) is 5.32 Å². The third kappa shape index (κ3) is 5.31. The number of hydrogen-bond acceptors (Lipinski definition) is 5. The fourth-order valence-corrected chi connectivity index (χ4v) is 2.95. The van der Waals surface area contributed by atoms with E-state index in [0.29, 0.717) is 17.7 Å². The molecule has 0 atom stereocenters. The number of aryl methyl sites for hydroxylation is 1. The van der Waals surface area contributed by atoms with E-state index in [1.165, 1.54) is 0 Å². The smallest absolute Gasteiger partial charge is 0.310 e. The van der Waals surface area contributed by atoms with Crippen molar-refractivity contribution in [3.63, 3.8) is 0 Å². The molecule has 1 heterocycles. The van der Waals surface area contributed by atoms with Crippen molar-refractivity contribution in [1.82, 2.24) is 0 Å². The number of carbonyl (C=O) groups is 3. The summed E-state index contributed by atoms with van der Waals surface area (Å²) in [4.78, 5) is 36.0. The van der Waals surface area contributed by atoms with Gasteiger partial charge < -0.3 is 14.5 Å². The number of esters is 1. The van der Waals surface area contributed by atoms with Crippen LogP contribution >= 0.6 is 0 Å². The molecule has 0 spiro atoms. The van der Waals surface area contributed by atoms with Crippen molar-refractivity contribution in [1.29, 1.82) is 0 Å². The lowest BCUT2D eigenvalue weighted by molar-refractivity contribution is -0.141. The predicted octanol–water partition coefficient (Wildman–Crippen LogP) is 4.45. The first-order chi connectivity index (χ1) is 14.0. The topological polar surface area (TPSA) is 85.6 Å². The van der Waals surface area contributed by atoms with Crippen LogP contribution in [0.1, 0.15) is 41.3 Å². The summed E-state index contributed by atoms with van der Waals surface area (Å²) in [5.74, 6) is -0.870. The van der Waals surface area contributed by atoms with Crippen LogP contribution in [0.2, 0.25) is 0 Å². The van der Waals surface area contributed by atoms with Crippen LogP contribution in [0, 0.1) is 6.92 Å². The number of carbonyl (C=O) groups excluding carboxylic acids is 3. The van der Waals surface area contributed by atoms with Gasteiger partial charge in [0.05, 0.1) is 12.7 Å². The molecule has 6 nitrogen and oxygen atoms in total. The van der Waals surface area contributed by atoms with Crippen molar-refractivity contribution < 1.29 is 23.5 Å². The highest BCUT2D eigenvalue weighted by molar-refractivity contribution is 5.99. The molecule has 1 N–H and O–H groups in total. The summed E-state index contributed by atoms with van der Waals surface area (Å²) in [7, 11) is 0. The Labute approximate surface area is 168 Å². The summed E-state index contributed by atoms with van der Waals surface area (Å²) >= 11 is 0. The molecule has 1 amide bonds. The number of anilines is 1. The number of benzene rings is 2. The second-order valence-electron chi connectivity index (χ2n) is 6.90. The molecule has 0 aliphatic carbocycles. The molecule has 0 aliphatic rings. The normalized spacial score (nSPS) is 10.7. The van der Waals surface area contributed by atoms with Crippen LogP contribution in [-0.4, -0.2) is 24.3 Å². The Hall–Kier alpha value is -3.41. The molecule has 2 aromatic carbocycles. The molecule has 0 bridgehead atoms. The molecule has 3 rings (SSSR count). The number of ketones is 1. The van der Waals surface area contributed by atoms with Crippen LogP contribution < -0.4 is 5.32 Å². The van der Waals surface area contributed by atoms with Crippen LogP contribution in [0.4, 0.5) is 5.69 Å². The number of Topliss-reactive ketones (excluding diaryl/α,β-unsaturated/α-hetero) is 1. The molecule has 3 aromatic rings. The van der Waals surface area contributed by atoms with Gasteiger partial charge in [0.2, 0.25) is 5.91 Å². The SMILES string of the molecule is CCCC(=O)Nc1ccc(C(=O)COC(=O)Cc2coc3cc(C)ccc23)cc1. The zero-order valence-electron chi connectivity index (χ0n) is 16.5. The minimum Gasteiger partial charge on any atom is -0.464 e. The van der Waals surface area contributed by atoms with Crippen LogP contribution in [0.25, 0.3) is 11.0 Å². The minimum atomic E-state index is -0.495. The van der Waals surface area contributed by atoms with Crippen LogP contribution in [0.3, 0.4) is 0 Å². The Balaban J connectivity index is 1.53. The maximum Gasteiger partial charge on any atom is 0.310 e. The molecule has 6 heteroatoms. The fraction of sp³-hybridized carbons (Fsp3) is 0.261. The van der Waals surface area contributed by atoms with Gasteiger partial charge in [-0.1, -0.05) is 19.1 Å². The first-order valence-electron chi connectivity index (χ1n) is 9.51. The van der Waals surface area contributed by atoms with Gasteiger partial charge in [-0.05, 0) is 49.2 Å². The Morgan fingerprint density at radius 2 is 1.83 bits per heavy atom. The first-order valence-corrected chi connectivity index (χ1v) is 9.51. The van der Waals surface area contributed by atoms with Crippen molar-refractivity contribution in [2.75, 3.05) is 11.9 Å². The third-order valence-corrected chi connectivity index (χ3v) is 4.48. The molecule has 150 valence electrons. The zero-order chi connectivity index (χ0) is 20.8. The molecule has 0 fully saturated rings. The van der Waals surface area contributed by atoms with E-state index in [1.807, 2.05) is 32.0 Å². The second kappa shape index (κ2) is 9.19. The lowest BCUT2D eigenvalue weighted by Crippen LogP contribution is -2.16. The van der Waals surface area contributed by atoms with E-state index < -0.39 is 5.97 Å². The van der Waals surface area contributed by atoms with Gasteiger partial charge >= 0.3 is 5.97 Å². The standard InChI is InChI=1S/C23H23NO5/c1-3-4-22(26)24-18-8-6-16(7-9-18)20(25)14-29-23(27)12-17-13-28-21-11-15(2)5-10-19(17)21/h5-11,13H,3-4,12,14H2,1-2H3,(H,24,26). The summed E-state index contributed by atoms with van der Waals surface area (Å²) in [6.07, 6.45) is 2.79. The van der Waals surface area contributed by atoms with E-state index in [9.17, 15) is 14.4 Å². The van der Waals surface area contributed by atoms with Gasteiger partial charge in [0, 0.05) is 28.6 Å². The minimum absolute atomic E-state index is 0.0335. The lowest BCUT2D eigenvalue weighted by Gasteiger charge is -2.06. The molecule has 0 radical (unpaired) electrons. The Bertz CT molecular complexity index is 1030. The second-order valence-corrected chi connectivity index (χ2v) is 6.90. The maximum atomic E-state index is 12.3. The van der Waals surface area contributed by atoms with E-state index in [-0.39, 0.29) is 24.7 Å². The molecule has 0 saturated heterocycles. The number of nitrogens with one attached hydrogen (secondary N) is 1. The first kappa shape index (κ1) is 20.3. The predicted molar refractivity (Wildman–Crippen MR) is 110 cm³/mol. The van der Waals surface area contributed by atoms with Crippen LogP contribution in [-0.2, 0) is 20.7 Å². The molecular formula is C23H23NO5. The highest BCUT2D eigenvalue weighted by atomic mass is 16.5. The van der Waals surface area contributed by atoms with Crippen molar-refractivity contribution in [2.45, 2.75) is 33.1 Å². The fourth-order valence-electron chi connectivity index (χ4n) is 2.95. The van der Waals surface area contributed by atoms with Gasteiger partial charge in [-0.25, -0.2) is 0 Å². The zero-order valence-corrected chi connectivity index (χ0v) is 16.5. The Kier molecular flexibility index (Phi) is 6.44. The number of amides is 1. The summed E-state index contributed by atoms with van der Waals surface area (Å²) in [5, 5.41) is 3.62. The lowest BCUT2D eigenvalue weighted by atomic mass is 10.1. The number of fused-ring (bicyclic) bond motifs is 1. The number of furan rings is 1. The summed E-state index contributed by atoms with van der Waals surface area (Å²) in [6.45, 7) is 3.56. The highest BCUT2D eigenvalue weighted by Gasteiger charge is 2.14. The van der Waals surface area contributed by atoms with Gasteiger partial charge in [-0.3, -0.25) is 14.4 Å². The highest BCUT2D eigenvalue weighted by Crippen LogP contribution is 2.23. The monoisotopic (exact) mass is 393 g/mol. The quantitative estimate of drug-likeness (QED) is 0.451. The molecule has 0 unspecified atom stereocenters. The van der Waals surface area contributed by atoms with E-state index in [4.69, 9.17) is 9.15 Å². The van der Waals surface area contributed by atoms with Crippen molar-refractivity contribution >= 4 is 34.3 Å². The van der Waals surface area contributed by atoms with Gasteiger partial charge in [-0.15, -0.1) is 0 Å². The largest absolute Gasteiger partial charge is 0.464 e. The summed E-state index contributed by atoms with van der Waals surface area (Å²) in [5.41, 5.74) is 3.55. The Morgan fingerprint density at radius 1 is 1.07 bits per heavy atom. The van der Waals surface area contributed by atoms with Gasteiger partial charge in [0.25, 0.3) is 0 Å². The average molecular weight is 393 g/mol. The molecular weight excluding hydrogens is 370 g/mol. The van der Waals surface area contributed by atoms with E-state index in [0.717, 1.165) is 28.5 Å². The van der Waals surface area contributed by atoms with E-state index >= 15 is 0 Å². The summed E-state index contributed by atoms with van der Waals surface area (Å²) in [6, 6.07) is 12.3. The van der Waals surface area contributed by atoms with Gasteiger partial charge in [-0.2, -0.15) is 0 Å². The Morgan fingerprint density at radius 3 is 2.55 bits per heavy atom. The van der Waals surface area contributed by atoms with Gasteiger partial charge in [0.15, 0.2) is 12.4 Å². The number of hydrogen-bond donors (Lipinski definition) is 1. The molecule has 0 saturated carbocycles. The average Bonchev–Trinajstić information content (AvgIpc) is 3.08. The number of ether oxygens (including phenoxy) is 1. The molecule has 1 aromatic heterocycles. The van der Waals surface area contributed by atoms with Crippen molar-refractivity contribution in [3.8, 4) is 0 Å². The summed E-state index contributed by atoms with van der Waals surface area (Å²) < 4.78 is 10.6. The van der Waals surface area contributed by atoms with Crippen LogP contribution in [0.5, 0.6) is 0 Å². The molecule has 29 heavy (non-hydrogen) atoms. The van der Waals surface area contributed by atoms with Gasteiger partial charge in [0.1, 0.15) is 5.58 Å². The number of rotatable bonds is 8.